The first-order valence-corrected chi connectivity index (χ1v) is 3.67. The topological polar surface area (TPSA) is 12.9 Å². The summed E-state index contributed by atoms with van der Waals surface area (Å²) < 4.78 is 7.32. The smallest absolute Gasteiger partial charge is 0.0841 e. The zero-order chi connectivity index (χ0) is 8.55. The summed E-state index contributed by atoms with van der Waals surface area (Å²) in [4.78, 5) is 4.02. The molecule has 0 aliphatic rings. The average Bonchev–Trinajstić information content (AvgIpc) is 2.04. The lowest BCUT2D eigenvalue weighted by atomic mass is 10.2. The van der Waals surface area contributed by atoms with Crippen LogP contribution in [0.3, 0.4) is 0 Å². The highest BCUT2D eigenvalue weighted by Gasteiger charge is 1.95. The molecule has 11 heavy (non-hydrogen) atoms. The number of nitrogens with zero attached hydrogens (tertiary/aromatic N) is 1. The molecule has 0 saturated carbocycles. The molecule has 2 aromatic rings. The van der Waals surface area contributed by atoms with Gasteiger partial charge < -0.3 is 0 Å². The standard InChI is InChI=1S/C9H6ClN/c10-8-5-6-11-9-4-2-1-3-7(8)9/h1-6H/i6D. The number of aromatic nitrogens is 1. The average molecular weight is 165 g/mol. The monoisotopic (exact) mass is 164 g/mol. The highest BCUT2D eigenvalue weighted by Crippen LogP contribution is 2.19. The summed E-state index contributed by atoms with van der Waals surface area (Å²) in [6.07, 6.45) is 0.207. The van der Waals surface area contributed by atoms with E-state index in [1.165, 1.54) is 0 Å². The Balaban J connectivity index is 2.89. The Morgan fingerprint density at radius 2 is 2.09 bits per heavy atom. The molecule has 1 heterocycles. The summed E-state index contributed by atoms with van der Waals surface area (Å²) >= 11 is 5.90. The van der Waals surface area contributed by atoms with Gasteiger partial charge >= 0.3 is 0 Å². The number of hydrogen-bond donors (Lipinski definition) is 0. The van der Waals surface area contributed by atoms with Crippen molar-refractivity contribution >= 4 is 22.5 Å². The number of benzene rings is 1. The summed E-state index contributed by atoms with van der Waals surface area (Å²) in [5.74, 6) is 0. The predicted molar refractivity (Wildman–Crippen MR) is 46.8 cm³/mol. The van der Waals surface area contributed by atoms with Crippen LogP contribution >= 0.6 is 11.6 Å². The lowest BCUT2D eigenvalue weighted by molar-refractivity contribution is 1.41. The van der Waals surface area contributed by atoms with Crippen molar-refractivity contribution in [2.75, 3.05) is 0 Å². The number of hydrogen-bond acceptors (Lipinski definition) is 1. The molecule has 0 unspecified atom stereocenters. The molecule has 0 spiro atoms. The molecule has 0 saturated heterocycles. The molecule has 0 radical (unpaired) electrons. The van der Waals surface area contributed by atoms with Gasteiger partial charge in [0.15, 0.2) is 0 Å². The van der Waals surface area contributed by atoms with Gasteiger partial charge in [-0.15, -0.1) is 0 Å². The van der Waals surface area contributed by atoms with Crippen LogP contribution in [0, 0.1) is 0 Å². The van der Waals surface area contributed by atoms with Gasteiger partial charge in [-0.1, -0.05) is 29.8 Å². The van der Waals surface area contributed by atoms with Gasteiger partial charge in [-0.25, -0.2) is 0 Å². The molecule has 54 valence electrons. The Bertz CT molecular complexity index is 428. The minimum Gasteiger partial charge on any atom is -0.256 e. The van der Waals surface area contributed by atoms with Crippen LogP contribution in [0.5, 0.6) is 0 Å². The summed E-state index contributed by atoms with van der Waals surface area (Å²) in [7, 11) is 0. The van der Waals surface area contributed by atoms with Crippen molar-refractivity contribution in [3.05, 3.63) is 41.5 Å². The Morgan fingerprint density at radius 1 is 1.27 bits per heavy atom. The van der Waals surface area contributed by atoms with Crippen LogP contribution in [0.2, 0.25) is 5.02 Å². The molecule has 0 aliphatic heterocycles. The fraction of sp³-hybridized carbons (Fsp3) is 0. The summed E-state index contributed by atoms with van der Waals surface area (Å²) in [6, 6.07) is 9.07. The highest BCUT2D eigenvalue weighted by molar-refractivity contribution is 6.35. The quantitative estimate of drug-likeness (QED) is 0.584. The first-order chi connectivity index (χ1) is 5.77. The maximum Gasteiger partial charge on any atom is 0.0841 e. The van der Waals surface area contributed by atoms with Crippen molar-refractivity contribution in [2.45, 2.75) is 0 Å². The summed E-state index contributed by atoms with van der Waals surface area (Å²) in [5, 5.41) is 1.49. The van der Waals surface area contributed by atoms with E-state index in [-0.39, 0.29) is 6.17 Å². The molecule has 0 atom stereocenters. The van der Waals surface area contributed by atoms with Crippen molar-refractivity contribution in [3.63, 3.8) is 0 Å². The molecule has 1 nitrogen and oxygen atoms in total. The maximum atomic E-state index is 7.32. The molecular formula is C9H6ClN. The Labute approximate surface area is 71.0 Å². The Kier molecular flexibility index (Phi) is 1.27. The van der Waals surface area contributed by atoms with Gasteiger partial charge in [-0.05, 0) is 12.1 Å². The fourth-order valence-electron chi connectivity index (χ4n) is 1.01. The third-order valence-corrected chi connectivity index (χ3v) is 1.85. The normalized spacial score (nSPS) is 11.5. The van der Waals surface area contributed by atoms with Crippen LogP contribution in [-0.2, 0) is 0 Å². The molecule has 2 heteroatoms. The lowest BCUT2D eigenvalue weighted by Crippen LogP contribution is -1.76. The molecular weight excluding hydrogens is 158 g/mol. The third kappa shape index (κ3) is 1.08. The fourth-order valence-corrected chi connectivity index (χ4v) is 1.22. The Hall–Kier alpha value is -1.08. The van der Waals surface area contributed by atoms with Crippen molar-refractivity contribution in [1.82, 2.24) is 4.98 Å². The van der Waals surface area contributed by atoms with Crippen molar-refractivity contribution in [1.29, 1.82) is 0 Å². The van der Waals surface area contributed by atoms with Crippen LogP contribution < -0.4 is 0 Å². The van der Waals surface area contributed by atoms with Crippen LogP contribution in [0.15, 0.2) is 36.5 Å². The van der Waals surface area contributed by atoms with Crippen LogP contribution in [0.25, 0.3) is 10.9 Å². The first kappa shape index (κ1) is 5.56. The minimum absolute atomic E-state index is 0.207. The van der Waals surface area contributed by atoms with Crippen LogP contribution in [-0.4, -0.2) is 4.98 Å². The number of halogens is 1. The van der Waals surface area contributed by atoms with Gasteiger partial charge in [-0.3, -0.25) is 4.98 Å². The zero-order valence-corrected chi connectivity index (χ0v) is 6.47. The molecule has 0 aliphatic carbocycles. The van der Waals surface area contributed by atoms with Gasteiger partial charge in [0, 0.05) is 11.6 Å². The van der Waals surface area contributed by atoms with E-state index in [1.54, 1.807) is 6.07 Å². The van der Waals surface area contributed by atoms with Crippen molar-refractivity contribution < 1.29 is 1.37 Å². The van der Waals surface area contributed by atoms with Gasteiger partial charge in [0.2, 0.25) is 0 Å². The van der Waals surface area contributed by atoms with E-state index in [0.29, 0.717) is 5.02 Å². The predicted octanol–water partition coefficient (Wildman–Crippen LogP) is 2.89. The minimum atomic E-state index is 0.207. The van der Waals surface area contributed by atoms with Crippen molar-refractivity contribution in [3.8, 4) is 0 Å². The Morgan fingerprint density at radius 3 is 3.00 bits per heavy atom. The molecule has 1 aromatic carbocycles. The molecule has 2 rings (SSSR count). The lowest BCUT2D eigenvalue weighted by Gasteiger charge is -1.96. The van der Waals surface area contributed by atoms with Gasteiger partial charge in [0.25, 0.3) is 0 Å². The van der Waals surface area contributed by atoms with Gasteiger partial charge in [0.1, 0.15) is 0 Å². The summed E-state index contributed by atoms with van der Waals surface area (Å²) in [6.45, 7) is 0. The SMILES string of the molecule is [2H]c1cc(Cl)c2ccccc2n1. The van der Waals surface area contributed by atoms with E-state index < -0.39 is 0 Å². The summed E-state index contributed by atoms with van der Waals surface area (Å²) in [5.41, 5.74) is 0.773. The van der Waals surface area contributed by atoms with Crippen molar-refractivity contribution in [2.24, 2.45) is 0 Å². The van der Waals surface area contributed by atoms with E-state index in [0.717, 1.165) is 10.9 Å². The zero-order valence-electron chi connectivity index (χ0n) is 6.71. The number of para-hydroxylation sites is 1. The molecule has 0 N–H and O–H groups in total. The number of rotatable bonds is 0. The molecule has 0 amide bonds. The van der Waals surface area contributed by atoms with Crippen LogP contribution in [0.4, 0.5) is 0 Å². The second-order valence-corrected chi connectivity index (χ2v) is 2.66. The number of pyridine rings is 1. The van der Waals surface area contributed by atoms with E-state index in [2.05, 4.69) is 4.98 Å². The molecule has 1 aromatic heterocycles. The van der Waals surface area contributed by atoms with E-state index in [9.17, 15) is 0 Å². The first-order valence-electron chi connectivity index (χ1n) is 3.79. The van der Waals surface area contributed by atoms with Gasteiger partial charge in [-0.2, -0.15) is 0 Å². The largest absolute Gasteiger partial charge is 0.256 e. The molecule has 0 fully saturated rings. The van der Waals surface area contributed by atoms with E-state index in [4.69, 9.17) is 13.0 Å². The molecule has 0 bridgehead atoms. The van der Waals surface area contributed by atoms with Gasteiger partial charge in [0.05, 0.1) is 11.9 Å². The van der Waals surface area contributed by atoms with E-state index in [1.807, 2.05) is 24.3 Å². The number of fused-ring (bicyclic) bond motifs is 1. The highest BCUT2D eigenvalue weighted by atomic mass is 35.5. The van der Waals surface area contributed by atoms with Crippen LogP contribution in [0.1, 0.15) is 1.37 Å². The second kappa shape index (κ2) is 2.51. The maximum absolute atomic E-state index is 7.32. The third-order valence-electron chi connectivity index (χ3n) is 1.54. The van der Waals surface area contributed by atoms with E-state index >= 15 is 0 Å². The second-order valence-electron chi connectivity index (χ2n) is 2.25.